The van der Waals surface area contributed by atoms with Crippen LogP contribution in [0.25, 0.3) is 0 Å². The second-order valence-electron chi connectivity index (χ2n) is 5.41. The molecular formula is C13H20F3N3O. The highest BCUT2D eigenvalue weighted by Gasteiger charge is 2.27. The van der Waals surface area contributed by atoms with Crippen LogP contribution in [0.15, 0.2) is 6.07 Å². The first kappa shape index (κ1) is 16.5. The number of anilines is 1. The topological polar surface area (TPSA) is 47.0 Å². The van der Waals surface area contributed by atoms with E-state index in [0.717, 1.165) is 0 Å². The first-order chi connectivity index (χ1) is 9.12. The van der Waals surface area contributed by atoms with Crippen LogP contribution in [0.3, 0.4) is 0 Å². The van der Waals surface area contributed by atoms with Crippen molar-refractivity contribution in [2.75, 3.05) is 18.5 Å². The van der Waals surface area contributed by atoms with Gasteiger partial charge in [0.25, 0.3) is 0 Å². The first-order valence-electron chi connectivity index (χ1n) is 6.45. The van der Waals surface area contributed by atoms with Gasteiger partial charge in [0.1, 0.15) is 11.6 Å². The van der Waals surface area contributed by atoms with Gasteiger partial charge >= 0.3 is 6.18 Å². The molecule has 0 spiro atoms. The predicted molar refractivity (Wildman–Crippen MR) is 71.1 cm³/mol. The maximum atomic E-state index is 12.1. The molecule has 0 atom stereocenters. The largest absolute Gasteiger partial charge is 0.477 e. The standard InChI is InChI=1S/C13H20F3N3O/c1-5-17-9-8-10(20-7-6-13(14,15)16)19-11(18-9)12(2,3)4/h8H,5-7H2,1-4H3,(H,17,18,19). The summed E-state index contributed by atoms with van der Waals surface area (Å²) >= 11 is 0. The number of hydrogen-bond acceptors (Lipinski definition) is 4. The van der Waals surface area contributed by atoms with E-state index in [0.29, 0.717) is 18.2 Å². The lowest BCUT2D eigenvalue weighted by Crippen LogP contribution is -2.19. The lowest BCUT2D eigenvalue weighted by molar-refractivity contribution is -0.139. The van der Waals surface area contributed by atoms with Gasteiger partial charge in [-0.1, -0.05) is 20.8 Å². The molecule has 0 saturated heterocycles. The number of alkyl halides is 3. The zero-order valence-electron chi connectivity index (χ0n) is 12.1. The molecule has 0 aliphatic heterocycles. The van der Waals surface area contributed by atoms with Crippen LogP contribution in [-0.4, -0.2) is 29.3 Å². The van der Waals surface area contributed by atoms with Gasteiger partial charge in [-0.15, -0.1) is 0 Å². The fourth-order valence-corrected chi connectivity index (χ4v) is 1.38. The average molecular weight is 291 g/mol. The fourth-order valence-electron chi connectivity index (χ4n) is 1.38. The van der Waals surface area contributed by atoms with E-state index in [2.05, 4.69) is 15.3 Å². The Kier molecular flexibility index (Phi) is 5.19. The Morgan fingerprint density at radius 1 is 1.20 bits per heavy atom. The van der Waals surface area contributed by atoms with Gasteiger partial charge in [0.2, 0.25) is 5.88 Å². The summed E-state index contributed by atoms with van der Waals surface area (Å²) in [5, 5.41) is 3.01. The number of halogens is 3. The van der Waals surface area contributed by atoms with Gasteiger partial charge in [0.15, 0.2) is 0 Å². The minimum Gasteiger partial charge on any atom is -0.477 e. The second-order valence-corrected chi connectivity index (χ2v) is 5.41. The molecule has 0 aliphatic rings. The van der Waals surface area contributed by atoms with Crippen molar-refractivity contribution in [2.24, 2.45) is 0 Å². The van der Waals surface area contributed by atoms with Gasteiger partial charge in [0.05, 0.1) is 13.0 Å². The Bertz CT molecular complexity index is 441. The van der Waals surface area contributed by atoms with Gasteiger partial charge in [-0.2, -0.15) is 18.2 Å². The average Bonchev–Trinajstić information content (AvgIpc) is 2.26. The molecule has 0 saturated carbocycles. The highest BCUT2D eigenvalue weighted by Crippen LogP contribution is 2.24. The maximum absolute atomic E-state index is 12.1. The number of hydrogen-bond donors (Lipinski definition) is 1. The third-order valence-electron chi connectivity index (χ3n) is 2.37. The molecule has 20 heavy (non-hydrogen) atoms. The molecule has 0 radical (unpaired) electrons. The van der Waals surface area contributed by atoms with Gasteiger partial charge in [-0.05, 0) is 6.92 Å². The highest BCUT2D eigenvalue weighted by molar-refractivity contribution is 5.39. The number of nitrogens with zero attached hydrogens (tertiary/aromatic N) is 2. The lowest BCUT2D eigenvalue weighted by Gasteiger charge is -2.19. The molecule has 114 valence electrons. The summed E-state index contributed by atoms with van der Waals surface area (Å²) in [6.45, 7) is 7.90. The molecule has 7 heteroatoms. The van der Waals surface area contributed by atoms with Crippen LogP contribution in [0.5, 0.6) is 5.88 Å². The van der Waals surface area contributed by atoms with Crippen LogP contribution < -0.4 is 10.1 Å². The maximum Gasteiger partial charge on any atom is 0.392 e. The van der Waals surface area contributed by atoms with Crippen LogP contribution in [0.2, 0.25) is 0 Å². The molecule has 1 rings (SSSR count). The fraction of sp³-hybridized carbons (Fsp3) is 0.692. The molecular weight excluding hydrogens is 271 g/mol. The molecule has 0 amide bonds. The van der Waals surface area contributed by atoms with Crippen LogP contribution in [0, 0.1) is 0 Å². The van der Waals surface area contributed by atoms with E-state index in [4.69, 9.17) is 4.74 Å². The van der Waals surface area contributed by atoms with Crippen LogP contribution in [-0.2, 0) is 5.41 Å². The Morgan fingerprint density at radius 2 is 1.85 bits per heavy atom. The zero-order valence-corrected chi connectivity index (χ0v) is 12.1. The van der Waals surface area contributed by atoms with Crippen molar-refractivity contribution in [3.05, 3.63) is 11.9 Å². The number of rotatable bonds is 5. The SMILES string of the molecule is CCNc1cc(OCCC(F)(F)F)nc(C(C)(C)C)n1. The van der Waals surface area contributed by atoms with E-state index in [9.17, 15) is 13.2 Å². The molecule has 1 N–H and O–H groups in total. The normalized spacial score (nSPS) is 12.3. The number of ether oxygens (including phenoxy) is 1. The highest BCUT2D eigenvalue weighted by atomic mass is 19.4. The zero-order chi connectivity index (χ0) is 15.4. The third kappa shape index (κ3) is 5.63. The van der Waals surface area contributed by atoms with Crippen LogP contribution in [0.1, 0.15) is 39.9 Å². The number of nitrogens with one attached hydrogen (secondary N) is 1. The summed E-state index contributed by atoms with van der Waals surface area (Å²) in [5.41, 5.74) is -0.312. The van der Waals surface area contributed by atoms with E-state index < -0.39 is 19.2 Å². The van der Waals surface area contributed by atoms with Crippen molar-refractivity contribution in [3.63, 3.8) is 0 Å². The summed E-state index contributed by atoms with van der Waals surface area (Å²) in [6, 6.07) is 1.51. The summed E-state index contributed by atoms with van der Waals surface area (Å²) in [6.07, 6.45) is -5.23. The quantitative estimate of drug-likeness (QED) is 0.901. The minimum absolute atomic E-state index is 0.158. The molecule has 0 bridgehead atoms. The first-order valence-corrected chi connectivity index (χ1v) is 6.45. The summed E-state index contributed by atoms with van der Waals surface area (Å²) < 4.78 is 41.4. The van der Waals surface area contributed by atoms with Crippen molar-refractivity contribution < 1.29 is 17.9 Å². The van der Waals surface area contributed by atoms with Crippen molar-refractivity contribution >= 4 is 5.82 Å². The molecule has 0 fully saturated rings. The number of aromatic nitrogens is 2. The second kappa shape index (κ2) is 6.28. The minimum atomic E-state index is -4.23. The Balaban J connectivity index is 2.86. The van der Waals surface area contributed by atoms with Crippen molar-refractivity contribution in [1.82, 2.24) is 9.97 Å². The Hall–Kier alpha value is -1.53. The molecule has 0 aromatic carbocycles. The Labute approximate surface area is 116 Å². The van der Waals surface area contributed by atoms with Gasteiger partial charge in [-0.25, -0.2) is 4.98 Å². The summed E-state index contributed by atoms with van der Waals surface area (Å²) in [7, 11) is 0. The Morgan fingerprint density at radius 3 is 2.35 bits per heavy atom. The van der Waals surface area contributed by atoms with Gasteiger partial charge < -0.3 is 10.1 Å². The molecule has 1 heterocycles. The predicted octanol–water partition coefficient (Wildman–Crippen LogP) is 3.54. The smallest absolute Gasteiger partial charge is 0.392 e. The van der Waals surface area contributed by atoms with Gasteiger partial charge in [-0.3, -0.25) is 0 Å². The molecule has 0 unspecified atom stereocenters. The van der Waals surface area contributed by atoms with E-state index in [1.54, 1.807) is 0 Å². The van der Waals surface area contributed by atoms with Crippen LogP contribution >= 0.6 is 0 Å². The van der Waals surface area contributed by atoms with Gasteiger partial charge in [0, 0.05) is 18.0 Å². The van der Waals surface area contributed by atoms with E-state index in [1.165, 1.54) is 6.07 Å². The van der Waals surface area contributed by atoms with Crippen molar-refractivity contribution in [2.45, 2.75) is 45.7 Å². The third-order valence-corrected chi connectivity index (χ3v) is 2.37. The van der Waals surface area contributed by atoms with E-state index in [1.807, 2.05) is 27.7 Å². The van der Waals surface area contributed by atoms with Crippen molar-refractivity contribution in [3.8, 4) is 5.88 Å². The van der Waals surface area contributed by atoms with Crippen LogP contribution in [0.4, 0.5) is 19.0 Å². The molecule has 1 aromatic rings. The molecule has 1 aromatic heterocycles. The lowest BCUT2D eigenvalue weighted by atomic mass is 9.96. The molecule has 4 nitrogen and oxygen atoms in total. The monoisotopic (exact) mass is 291 g/mol. The molecule has 0 aliphatic carbocycles. The van der Waals surface area contributed by atoms with E-state index in [-0.39, 0.29) is 11.3 Å². The van der Waals surface area contributed by atoms with Crippen molar-refractivity contribution in [1.29, 1.82) is 0 Å². The summed E-state index contributed by atoms with van der Waals surface area (Å²) in [5.74, 6) is 1.23. The van der Waals surface area contributed by atoms with E-state index >= 15 is 0 Å². The summed E-state index contributed by atoms with van der Waals surface area (Å²) in [4.78, 5) is 8.49.